The number of amides is 1. The number of anilines is 1. The molecule has 3 aromatic rings. The predicted octanol–water partition coefficient (Wildman–Crippen LogP) is 4.13. The number of rotatable bonds is 6. The molecule has 0 saturated heterocycles. The monoisotopic (exact) mass is 411 g/mol. The molecule has 0 aliphatic carbocycles. The molecule has 0 radical (unpaired) electrons. The van der Waals surface area contributed by atoms with Crippen LogP contribution in [0.15, 0.2) is 53.6 Å². The Morgan fingerprint density at radius 2 is 1.72 bits per heavy atom. The third kappa shape index (κ3) is 4.02. The number of carbonyl (C=O) groups excluding carboxylic acids is 1. The van der Waals surface area contributed by atoms with Crippen LogP contribution in [0.1, 0.15) is 35.3 Å². The molecule has 152 valence electrons. The van der Waals surface area contributed by atoms with Crippen LogP contribution in [0.5, 0.6) is 0 Å². The van der Waals surface area contributed by atoms with Crippen LogP contribution in [0, 0.1) is 13.8 Å². The van der Waals surface area contributed by atoms with E-state index in [1.807, 2.05) is 31.2 Å². The van der Waals surface area contributed by atoms with Crippen LogP contribution in [-0.4, -0.2) is 36.7 Å². The van der Waals surface area contributed by atoms with E-state index in [1.165, 1.54) is 10.4 Å². The first-order valence-electron chi connectivity index (χ1n) is 9.56. The summed E-state index contributed by atoms with van der Waals surface area (Å²) in [6, 6.07) is 12.1. The number of aromatic nitrogens is 1. The van der Waals surface area contributed by atoms with Gasteiger partial charge in [0.25, 0.3) is 5.91 Å². The maximum Gasteiger partial charge on any atom is 0.255 e. The SMILES string of the molecule is CCN(CC)S(=O)(=O)c1ccc(C)c(C(=O)Nc2ccc(C)c3ncccc23)c1. The quantitative estimate of drug-likeness (QED) is 0.661. The van der Waals surface area contributed by atoms with Gasteiger partial charge in [-0.2, -0.15) is 4.31 Å². The molecule has 0 bridgehead atoms. The highest BCUT2D eigenvalue weighted by Crippen LogP contribution is 2.26. The van der Waals surface area contributed by atoms with E-state index in [9.17, 15) is 13.2 Å². The first-order chi connectivity index (χ1) is 13.8. The third-order valence-corrected chi connectivity index (χ3v) is 7.06. The topological polar surface area (TPSA) is 79.4 Å². The summed E-state index contributed by atoms with van der Waals surface area (Å²) in [4.78, 5) is 17.5. The van der Waals surface area contributed by atoms with Gasteiger partial charge < -0.3 is 5.32 Å². The number of pyridine rings is 1. The van der Waals surface area contributed by atoms with Crippen molar-refractivity contribution >= 4 is 32.5 Å². The normalized spacial score (nSPS) is 11.8. The second-order valence-electron chi connectivity index (χ2n) is 6.85. The fourth-order valence-corrected chi connectivity index (χ4v) is 4.82. The van der Waals surface area contributed by atoms with Gasteiger partial charge in [-0.05, 0) is 55.3 Å². The largest absolute Gasteiger partial charge is 0.321 e. The Labute approximate surface area is 171 Å². The van der Waals surface area contributed by atoms with Crippen LogP contribution in [0.4, 0.5) is 5.69 Å². The van der Waals surface area contributed by atoms with Gasteiger partial charge in [0.05, 0.1) is 16.1 Å². The van der Waals surface area contributed by atoms with Crippen molar-refractivity contribution in [2.45, 2.75) is 32.6 Å². The van der Waals surface area contributed by atoms with Crippen LogP contribution >= 0.6 is 0 Å². The lowest BCUT2D eigenvalue weighted by Gasteiger charge is -2.19. The third-order valence-electron chi connectivity index (χ3n) is 5.02. The van der Waals surface area contributed by atoms with Gasteiger partial charge in [-0.15, -0.1) is 0 Å². The van der Waals surface area contributed by atoms with E-state index in [2.05, 4.69) is 10.3 Å². The minimum absolute atomic E-state index is 0.118. The summed E-state index contributed by atoms with van der Waals surface area (Å²) in [5.74, 6) is -0.354. The van der Waals surface area contributed by atoms with E-state index in [0.29, 0.717) is 29.9 Å². The van der Waals surface area contributed by atoms with Crippen LogP contribution in [0.25, 0.3) is 10.9 Å². The highest BCUT2D eigenvalue weighted by Gasteiger charge is 2.23. The van der Waals surface area contributed by atoms with E-state index in [1.54, 1.807) is 39.1 Å². The van der Waals surface area contributed by atoms with E-state index >= 15 is 0 Å². The number of benzene rings is 2. The Kier molecular flexibility index (Phi) is 6.00. The number of carbonyl (C=O) groups is 1. The van der Waals surface area contributed by atoms with Crippen LogP contribution in [-0.2, 0) is 10.0 Å². The molecule has 29 heavy (non-hydrogen) atoms. The van der Waals surface area contributed by atoms with E-state index in [4.69, 9.17) is 0 Å². The fourth-order valence-electron chi connectivity index (χ4n) is 3.33. The van der Waals surface area contributed by atoms with Crippen molar-refractivity contribution in [3.8, 4) is 0 Å². The van der Waals surface area contributed by atoms with Crippen molar-refractivity contribution in [1.29, 1.82) is 0 Å². The average Bonchev–Trinajstić information content (AvgIpc) is 2.71. The molecule has 3 rings (SSSR count). The van der Waals surface area contributed by atoms with Gasteiger partial charge in [0, 0.05) is 30.2 Å². The van der Waals surface area contributed by atoms with E-state index in [0.717, 1.165) is 16.5 Å². The second-order valence-corrected chi connectivity index (χ2v) is 8.79. The summed E-state index contributed by atoms with van der Waals surface area (Å²) >= 11 is 0. The summed E-state index contributed by atoms with van der Waals surface area (Å²) in [5, 5.41) is 3.76. The minimum atomic E-state index is -3.64. The van der Waals surface area contributed by atoms with Gasteiger partial charge in [-0.1, -0.05) is 26.0 Å². The van der Waals surface area contributed by atoms with Gasteiger partial charge in [0.15, 0.2) is 0 Å². The van der Waals surface area contributed by atoms with Gasteiger partial charge >= 0.3 is 0 Å². The van der Waals surface area contributed by atoms with Gasteiger partial charge in [0.1, 0.15) is 0 Å². The number of nitrogens with zero attached hydrogens (tertiary/aromatic N) is 2. The standard InChI is InChI=1S/C22H25N3O3S/c1-5-25(6-2)29(27,28)17-11-9-15(3)19(14-17)22(26)24-20-12-10-16(4)21-18(20)8-7-13-23-21/h7-14H,5-6H2,1-4H3,(H,24,26). The molecule has 0 aliphatic heterocycles. The first kappa shape index (κ1) is 21.0. The molecule has 1 amide bonds. The highest BCUT2D eigenvalue weighted by atomic mass is 32.2. The molecule has 1 N–H and O–H groups in total. The Balaban J connectivity index is 2.00. The summed E-state index contributed by atoms with van der Waals surface area (Å²) in [7, 11) is -3.64. The van der Waals surface area contributed by atoms with Gasteiger partial charge in [0.2, 0.25) is 10.0 Å². The molecular formula is C22H25N3O3S. The number of nitrogens with one attached hydrogen (secondary N) is 1. The molecule has 0 atom stereocenters. The predicted molar refractivity (Wildman–Crippen MR) is 116 cm³/mol. The lowest BCUT2D eigenvalue weighted by atomic mass is 10.1. The number of sulfonamides is 1. The zero-order valence-corrected chi connectivity index (χ0v) is 17.9. The molecule has 0 unspecified atom stereocenters. The molecule has 1 aromatic heterocycles. The zero-order valence-electron chi connectivity index (χ0n) is 17.1. The molecule has 7 heteroatoms. The minimum Gasteiger partial charge on any atom is -0.321 e. The van der Waals surface area contributed by atoms with Crippen LogP contribution in [0.2, 0.25) is 0 Å². The Hall–Kier alpha value is -2.77. The number of aryl methyl sites for hydroxylation is 2. The van der Waals surface area contributed by atoms with Crippen molar-refractivity contribution in [2.75, 3.05) is 18.4 Å². The lowest BCUT2D eigenvalue weighted by molar-refractivity contribution is 0.102. The van der Waals surface area contributed by atoms with Crippen LogP contribution < -0.4 is 5.32 Å². The van der Waals surface area contributed by atoms with Crippen molar-refractivity contribution < 1.29 is 13.2 Å². The lowest BCUT2D eigenvalue weighted by Crippen LogP contribution is -2.30. The molecule has 0 aliphatic rings. The number of hydrogen-bond donors (Lipinski definition) is 1. The highest BCUT2D eigenvalue weighted by molar-refractivity contribution is 7.89. The Morgan fingerprint density at radius 1 is 1.03 bits per heavy atom. The number of hydrogen-bond acceptors (Lipinski definition) is 4. The first-order valence-corrected chi connectivity index (χ1v) is 11.0. The van der Waals surface area contributed by atoms with Gasteiger partial charge in [-0.3, -0.25) is 9.78 Å². The van der Waals surface area contributed by atoms with Crippen molar-refractivity contribution in [1.82, 2.24) is 9.29 Å². The molecule has 0 fully saturated rings. The summed E-state index contributed by atoms with van der Waals surface area (Å²) in [6.45, 7) is 8.08. The Morgan fingerprint density at radius 3 is 2.41 bits per heavy atom. The smallest absolute Gasteiger partial charge is 0.255 e. The van der Waals surface area contributed by atoms with Crippen molar-refractivity contribution in [3.63, 3.8) is 0 Å². The maximum atomic E-state index is 13.0. The zero-order chi connectivity index (χ0) is 21.2. The van der Waals surface area contributed by atoms with Crippen molar-refractivity contribution in [2.24, 2.45) is 0 Å². The molecule has 0 spiro atoms. The van der Waals surface area contributed by atoms with E-state index < -0.39 is 10.0 Å². The van der Waals surface area contributed by atoms with Crippen LogP contribution in [0.3, 0.4) is 0 Å². The molecule has 6 nitrogen and oxygen atoms in total. The summed E-state index contributed by atoms with van der Waals surface area (Å²) < 4.78 is 27.0. The second kappa shape index (κ2) is 8.31. The molecule has 1 heterocycles. The number of fused-ring (bicyclic) bond motifs is 1. The maximum absolute atomic E-state index is 13.0. The van der Waals surface area contributed by atoms with E-state index in [-0.39, 0.29) is 10.8 Å². The molecular weight excluding hydrogens is 386 g/mol. The molecule has 0 saturated carbocycles. The summed E-state index contributed by atoms with van der Waals surface area (Å²) in [5.41, 5.74) is 3.51. The fraction of sp³-hybridized carbons (Fsp3) is 0.273. The van der Waals surface area contributed by atoms with Crippen molar-refractivity contribution in [3.05, 3.63) is 65.4 Å². The Bertz CT molecular complexity index is 1170. The average molecular weight is 412 g/mol. The van der Waals surface area contributed by atoms with Gasteiger partial charge in [-0.25, -0.2) is 8.42 Å². The molecule has 2 aromatic carbocycles. The summed E-state index contributed by atoms with van der Waals surface area (Å²) in [6.07, 6.45) is 1.71.